The summed E-state index contributed by atoms with van der Waals surface area (Å²) in [4.78, 5) is 0. The summed E-state index contributed by atoms with van der Waals surface area (Å²) in [6.45, 7) is 0. The Morgan fingerprint density at radius 1 is 0.111 bits per heavy atom. The van der Waals surface area contributed by atoms with Crippen molar-refractivity contribution in [3.8, 4) is 0 Å². The summed E-state index contributed by atoms with van der Waals surface area (Å²) >= 11 is 0. The second-order valence-electron chi connectivity index (χ2n) is 14.7. The third-order valence-corrected chi connectivity index (χ3v) is 12.0. The molecule has 12 aromatic rings. The summed E-state index contributed by atoms with van der Waals surface area (Å²) in [5, 5.41) is 28.0. The maximum Gasteiger partial charge on any atom is -0.00921 e. The molecule has 0 atom stereocenters. The summed E-state index contributed by atoms with van der Waals surface area (Å²) in [6.07, 6.45) is 0. The van der Waals surface area contributed by atoms with Gasteiger partial charge in [-0.05, 0) is 143 Å². The normalized spacial score (nSPS) is 12.1. The molecule has 0 heteroatoms. The maximum absolute atomic E-state index is 2.51. The van der Waals surface area contributed by atoms with Crippen LogP contribution in [0.4, 0.5) is 0 Å². The van der Waals surface area contributed by atoms with E-state index in [4.69, 9.17) is 0 Å². The lowest BCUT2D eigenvalue weighted by molar-refractivity contribution is 1.78. The smallest absolute Gasteiger partial charge is 0.00921 e. The van der Waals surface area contributed by atoms with E-state index in [0.717, 1.165) is 0 Å². The van der Waals surface area contributed by atoms with E-state index < -0.39 is 0 Å². The van der Waals surface area contributed by atoms with Crippen molar-refractivity contribution in [2.75, 3.05) is 0 Å². The van der Waals surface area contributed by atoms with Crippen LogP contribution in [0.3, 0.4) is 0 Å². The third kappa shape index (κ3) is 4.08. The van der Waals surface area contributed by atoms with Crippen LogP contribution < -0.4 is 0 Å². The van der Waals surface area contributed by atoms with Gasteiger partial charge in [-0.15, -0.1) is 0 Å². The van der Waals surface area contributed by atoms with Gasteiger partial charge in [-0.1, -0.05) is 170 Å². The molecular formula is C54H32. The van der Waals surface area contributed by atoms with Crippen LogP contribution in [-0.4, -0.2) is 0 Å². The molecule has 0 aliphatic rings. The first kappa shape index (κ1) is 29.5. The molecule has 0 aliphatic heterocycles. The first-order chi connectivity index (χ1) is 26.8. The Hall–Kier alpha value is -7.02. The Labute approximate surface area is 311 Å². The Morgan fingerprint density at radius 3 is 0.333 bits per heavy atom. The average Bonchev–Trinajstić information content (AvgIpc) is 3.25. The van der Waals surface area contributed by atoms with Crippen molar-refractivity contribution in [1.82, 2.24) is 0 Å². The van der Waals surface area contributed by atoms with E-state index in [1.165, 1.54) is 118 Å². The lowest BCUT2D eigenvalue weighted by Crippen LogP contribution is -1.88. The first-order valence-corrected chi connectivity index (χ1v) is 18.9. The standard InChI is InChI=1S/C54H32/c1-3-17-35-33(15-1)37-19-5-9-23-41(37)47-29-51-45-27-13-14-28-46(45)52-30-48-42-24-10-6-20-38(42)34-16-2-4-18-36(34)40-22-8-12-26-44(40)50(48)32-54(52)53(51)31-49(47)43-25-11-7-21-39(35)43/h1-32H. The fraction of sp³-hybridized carbons (Fsp3) is 0. The molecule has 0 N–H and O–H groups in total. The van der Waals surface area contributed by atoms with Crippen molar-refractivity contribution >= 4 is 118 Å². The number of fused-ring (bicyclic) bond motifs is 22. The predicted octanol–water partition coefficient (Wildman–Crippen LogP) is 15.5. The molecule has 0 heterocycles. The first-order valence-electron chi connectivity index (χ1n) is 18.9. The quantitative estimate of drug-likeness (QED) is 0.140. The summed E-state index contributed by atoms with van der Waals surface area (Å²) in [6, 6.07) is 72.7. The van der Waals surface area contributed by atoms with Crippen LogP contribution in [0.25, 0.3) is 118 Å². The van der Waals surface area contributed by atoms with E-state index in [1.807, 2.05) is 0 Å². The van der Waals surface area contributed by atoms with Crippen molar-refractivity contribution < 1.29 is 0 Å². The van der Waals surface area contributed by atoms with Gasteiger partial charge in [0.25, 0.3) is 0 Å². The average molecular weight is 681 g/mol. The second kappa shape index (κ2) is 11.2. The molecular weight excluding hydrogens is 649 g/mol. The number of benzene rings is 10. The molecule has 0 nitrogen and oxygen atoms in total. The number of rotatable bonds is 0. The molecule has 0 radical (unpaired) electrons. The summed E-state index contributed by atoms with van der Waals surface area (Å²) < 4.78 is 0. The van der Waals surface area contributed by atoms with Crippen LogP contribution in [0.5, 0.6) is 0 Å². The van der Waals surface area contributed by atoms with Crippen LogP contribution in [0.15, 0.2) is 194 Å². The van der Waals surface area contributed by atoms with Gasteiger partial charge in [0.1, 0.15) is 0 Å². The summed E-state index contributed by atoms with van der Waals surface area (Å²) in [5.41, 5.74) is 0. The minimum atomic E-state index is 1.26. The minimum Gasteiger partial charge on any atom is -0.0616 e. The SMILES string of the molecule is c1ccc2c(c1)c1ccccc1c1cc3c4ccccc4c4cc5c6ccccc6c6ccccc6c6ccccc6c5cc4c3cc1c1ccccc21. The van der Waals surface area contributed by atoms with Crippen molar-refractivity contribution in [3.63, 3.8) is 0 Å². The Balaban J connectivity index is 1.39. The highest BCUT2D eigenvalue weighted by Crippen LogP contribution is 2.44. The highest BCUT2D eigenvalue weighted by atomic mass is 14.2. The van der Waals surface area contributed by atoms with Gasteiger partial charge in [0.15, 0.2) is 0 Å². The van der Waals surface area contributed by atoms with E-state index in [2.05, 4.69) is 194 Å². The molecule has 0 aliphatic carbocycles. The maximum atomic E-state index is 2.51. The third-order valence-electron chi connectivity index (χ3n) is 12.0. The van der Waals surface area contributed by atoms with Crippen LogP contribution in [0, 0.1) is 0 Å². The van der Waals surface area contributed by atoms with E-state index in [9.17, 15) is 0 Å². The Bertz CT molecular complexity index is 3420. The van der Waals surface area contributed by atoms with E-state index in [1.54, 1.807) is 0 Å². The number of hydrogen-bond donors (Lipinski definition) is 0. The van der Waals surface area contributed by atoms with Gasteiger partial charge in [0.05, 0.1) is 0 Å². The van der Waals surface area contributed by atoms with Crippen molar-refractivity contribution in [1.29, 1.82) is 0 Å². The molecule has 0 unspecified atom stereocenters. The second-order valence-corrected chi connectivity index (χ2v) is 14.7. The van der Waals surface area contributed by atoms with Crippen molar-refractivity contribution in [2.24, 2.45) is 0 Å². The molecule has 0 saturated heterocycles. The van der Waals surface area contributed by atoms with Gasteiger partial charge in [0, 0.05) is 0 Å². The van der Waals surface area contributed by atoms with Crippen LogP contribution in [0.2, 0.25) is 0 Å². The van der Waals surface area contributed by atoms with Gasteiger partial charge < -0.3 is 0 Å². The van der Waals surface area contributed by atoms with Crippen molar-refractivity contribution in [3.05, 3.63) is 194 Å². The molecule has 0 fully saturated rings. The monoisotopic (exact) mass is 680 g/mol. The van der Waals surface area contributed by atoms with E-state index in [0.29, 0.717) is 0 Å². The van der Waals surface area contributed by atoms with Crippen LogP contribution in [0.1, 0.15) is 0 Å². The molecule has 0 aromatic heterocycles. The van der Waals surface area contributed by atoms with Gasteiger partial charge in [0.2, 0.25) is 0 Å². The van der Waals surface area contributed by atoms with Crippen LogP contribution >= 0.6 is 0 Å². The van der Waals surface area contributed by atoms with E-state index in [-0.39, 0.29) is 0 Å². The zero-order valence-electron chi connectivity index (χ0n) is 29.5. The van der Waals surface area contributed by atoms with E-state index >= 15 is 0 Å². The van der Waals surface area contributed by atoms with Gasteiger partial charge >= 0.3 is 0 Å². The Kier molecular flexibility index (Phi) is 6.15. The van der Waals surface area contributed by atoms with Gasteiger partial charge in [-0.25, -0.2) is 0 Å². The van der Waals surface area contributed by atoms with Gasteiger partial charge in [-0.2, -0.15) is 0 Å². The van der Waals surface area contributed by atoms with Crippen molar-refractivity contribution in [2.45, 2.75) is 0 Å². The molecule has 12 rings (SSSR count). The van der Waals surface area contributed by atoms with Gasteiger partial charge in [-0.3, -0.25) is 0 Å². The highest BCUT2D eigenvalue weighted by molar-refractivity contribution is 6.35. The summed E-state index contributed by atoms with van der Waals surface area (Å²) in [7, 11) is 0. The lowest BCUT2D eigenvalue weighted by Gasteiger charge is -2.16. The molecule has 0 bridgehead atoms. The highest BCUT2D eigenvalue weighted by Gasteiger charge is 2.16. The summed E-state index contributed by atoms with van der Waals surface area (Å²) in [5.74, 6) is 0. The lowest BCUT2D eigenvalue weighted by atomic mass is 9.87. The largest absolute Gasteiger partial charge is 0.0616 e. The molecule has 0 saturated carbocycles. The fourth-order valence-electron chi connectivity index (χ4n) is 9.65. The molecule has 54 heavy (non-hydrogen) atoms. The zero-order chi connectivity index (χ0) is 35.3. The molecule has 0 spiro atoms. The fourth-order valence-corrected chi connectivity index (χ4v) is 9.65. The molecule has 248 valence electrons. The molecule has 0 amide bonds. The Morgan fingerprint density at radius 2 is 0.204 bits per heavy atom. The zero-order valence-corrected chi connectivity index (χ0v) is 29.5. The minimum absolute atomic E-state index is 1.26. The van der Waals surface area contributed by atoms with Crippen LogP contribution in [-0.2, 0) is 0 Å². The number of hydrogen-bond acceptors (Lipinski definition) is 0. The predicted molar refractivity (Wildman–Crippen MR) is 237 cm³/mol. The molecule has 12 aromatic carbocycles. The topological polar surface area (TPSA) is 0 Å².